The molecule has 3 amide bonds. The molecule has 0 bridgehead atoms. The van der Waals surface area contributed by atoms with Crippen LogP contribution in [0.4, 0.5) is 0 Å². The maximum absolute atomic E-state index is 14.0. The van der Waals surface area contributed by atoms with Crippen LogP contribution in [0.5, 0.6) is 0 Å². The van der Waals surface area contributed by atoms with Crippen molar-refractivity contribution < 1.29 is 29.0 Å². The third-order valence-corrected chi connectivity index (χ3v) is 8.30. The van der Waals surface area contributed by atoms with E-state index in [2.05, 4.69) is 22.9 Å². The Bertz CT molecular complexity index is 1150. The Morgan fingerprint density at radius 3 is 1.95 bits per heavy atom. The van der Waals surface area contributed by atoms with E-state index in [-0.39, 0.29) is 18.3 Å². The van der Waals surface area contributed by atoms with Crippen LogP contribution >= 0.6 is 0 Å². The summed E-state index contributed by atoms with van der Waals surface area (Å²) >= 11 is 0. The highest BCUT2D eigenvalue weighted by Crippen LogP contribution is 2.29. The molecule has 2 aromatic rings. The smallest absolute Gasteiger partial charge is 0.328 e. The minimum Gasteiger partial charge on any atom is -0.460 e. The maximum Gasteiger partial charge on any atom is 0.328 e. The predicted molar refractivity (Wildman–Crippen MR) is 165 cm³/mol. The number of esters is 1. The minimum atomic E-state index is -1.34. The average molecular weight is 594 g/mol. The van der Waals surface area contributed by atoms with E-state index in [4.69, 9.17) is 4.74 Å². The fourth-order valence-electron chi connectivity index (χ4n) is 5.43. The Kier molecular flexibility index (Phi) is 13.2. The first-order valence-corrected chi connectivity index (χ1v) is 15.5. The van der Waals surface area contributed by atoms with Gasteiger partial charge in [-0.15, -0.1) is 0 Å². The van der Waals surface area contributed by atoms with E-state index in [1.54, 1.807) is 0 Å². The molecule has 0 aromatic heterocycles. The number of ether oxygens (including phenoxy) is 1. The first-order chi connectivity index (χ1) is 20.7. The number of carbonyl (C=O) groups is 4. The second-order valence-corrected chi connectivity index (χ2v) is 11.7. The number of hydrogen-bond donors (Lipinski definition) is 4. The number of carbonyl (C=O) groups excluding carboxylic acids is 4. The normalized spacial score (nSPS) is 23.5. The summed E-state index contributed by atoms with van der Waals surface area (Å²) in [5.41, 5.74) is 1.58. The molecule has 1 aliphatic heterocycles. The molecule has 234 valence electrons. The Morgan fingerprint density at radius 1 is 0.837 bits per heavy atom. The van der Waals surface area contributed by atoms with Gasteiger partial charge in [0.15, 0.2) is 0 Å². The third kappa shape index (κ3) is 9.64. The molecule has 43 heavy (non-hydrogen) atoms. The summed E-state index contributed by atoms with van der Waals surface area (Å²) < 4.78 is 5.98. The summed E-state index contributed by atoms with van der Waals surface area (Å²) in [6.07, 6.45) is 2.81. The summed E-state index contributed by atoms with van der Waals surface area (Å²) in [7, 11) is 0. The van der Waals surface area contributed by atoms with E-state index in [0.717, 1.165) is 36.8 Å². The lowest BCUT2D eigenvalue weighted by atomic mass is 9.84. The highest BCUT2D eigenvalue weighted by molar-refractivity contribution is 5.95. The van der Waals surface area contributed by atoms with Gasteiger partial charge in [-0.1, -0.05) is 108 Å². The number of cyclic esters (lactones) is 1. The van der Waals surface area contributed by atoms with Gasteiger partial charge >= 0.3 is 5.97 Å². The molecule has 4 N–H and O–H groups in total. The Hall–Kier alpha value is -3.72. The van der Waals surface area contributed by atoms with Gasteiger partial charge in [-0.05, 0) is 35.8 Å². The molecular weight excluding hydrogens is 546 g/mol. The van der Waals surface area contributed by atoms with Gasteiger partial charge in [-0.3, -0.25) is 14.4 Å². The Labute approximate surface area is 255 Å². The van der Waals surface area contributed by atoms with Gasteiger partial charge in [0.2, 0.25) is 17.7 Å². The average Bonchev–Trinajstić information content (AvgIpc) is 3.02. The van der Waals surface area contributed by atoms with Crippen LogP contribution in [0, 0.1) is 11.8 Å². The quantitative estimate of drug-likeness (QED) is 0.293. The van der Waals surface area contributed by atoms with Crippen LogP contribution in [0.15, 0.2) is 60.7 Å². The summed E-state index contributed by atoms with van der Waals surface area (Å²) in [4.78, 5) is 54.6. The van der Waals surface area contributed by atoms with Gasteiger partial charge in [0.05, 0.1) is 13.0 Å². The van der Waals surface area contributed by atoms with E-state index in [1.807, 2.05) is 81.4 Å². The molecule has 2 aromatic carbocycles. The SMILES string of the molecule is CCCC[C@H](C)[C@@H]1CC(=O)N[C@@H](C(c2ccccc2)c2ccccc2)C(=O)N[C@@H](CO)C(=O)N[C@H](C[C@@H](C)CC)C(=O)O1. The van der Waals surface area contributed by atoms with Crippen molar-refractivity contribution in [3.05, 3.63) is 71.8 Å². The second kappa shape index (κ2) is 16.8. The highest BCUT2D eigenvalue weighted by atomic mass is 16.5. The van der Waals surface area contributed by atoms with Gasteiger partial charge in [0.1, 0.15) is 24.2 Å². The van der Waals surface area contributed by atoms with E-state index in [9.17, 15) is 24.3 Å². The van der Waals surface area contributed by atoms with Crippen molar-refractivity contribution in [2.45, 2.75) is 96.4 Å². The topological polar surface area (TPSA) is 134 Å². The highest BCUT2D eigenvalue weighted by Gasteiger charge is 2.38. The summed E-state index contributed by atoms with van der Waals surface area (Å²) in [6.45, 7) is 7.29. The van der Waals surface area contributed by atoms with Crippen LogP contribution in [-0.2, 0) is 23.9 Å². The van der Waals surface area contributed by atoms with Crippen molar-refractivity contribution in [2.75, 3.05) is 6.61 Å². The van der Waals surface area contributed by atoms with Crippen molar-refractivity contribution in [3.63, 3.8) is 0 Å². The van der Waals surface area contributed by atoms with Gasteiger partial charge in [-0.2, -0.15) is 0 Å². The molecule has 3 rings (SSSR count). The predicted octanol–water partition coefficient (Wildman–Crippen LogP) is 3.84. The van der Waals surface area contributed by atoms with Crippen LogP contribution < -0.4 is 16.0 Å². The molecule has 9 heteroatoms. The molecule has 6 atom stereocenters. The van der Waals surface area contributed by atoms with Crippen molar-refractivity contribution >= 4 is 23.7 Å². The molecule has 0 aliphatic carbocycles. The van der Waals surface area contributed by atoms with Crippen molar-refractivity contribution in [2.24, 2.45) is 11.8 Å². The minimum absolute atomic E-state index is 0.0943. The first kappa shape index (κ1) is 33.8. The first-order valence-electron chi connectivity index (χ1n) is 15.5. The van der Waals surface area contributed by atoms with E-state index in [1.165, 1.54) is 0 Å². The summed E-state index contributed by atoms with van der Waals surface area (Å²) in [5, 5.41) is 18.4. The van der Waals surface area contributed by atoms with Crippen LogP contribution in [0.2, 0.25) is 0 Å². The number of unbranched alkanes of at least 4 members (excludes halogenated alkanes) is 1. The number of nitrogens with one attached hydrogen (secondary N) is 3. The van der Waals surface area contributed by atoms with Crippen LogP contribution in [0.25, 0.3) is 0 Å². The van der Waals surface area contributed by atoms with Gasteiger partial charge in [-0.25, -0.2) is 4.79 Å². The van der Waals surface area contributed by atoms with E-state index in [0.29, 0.717) is 6.42 Å². The molecule has 1 fully saturated rings. The van der Waals surface area contributed by atoms with Crippen molar-refractivity contribution in [1.82, 2.24) is 16.0 Å². The number of amides is 3. The zero-order chi connectivity index (χ0) is 31.4. The second-order valence-electron chi connectivity index (χ2n) is 11.7. The standard InChI is InChI=1S/C34H47N3O6/c1-5-7-14-23(4)28-20-29(39)37-31(30(24-15-10-8-11-16-24)25-17-12-9-13-18-25)33(41)36-27(21-38)32(40)35-26(34(42)43-28)19-22(3)6-2/h8-13,15-18,22-23,26-28,30-31,38H,5-7,14,19-21H2,1-4H3,(H,35,40)(H,36,41)(H,37,39)/t22-,23-,26+,27-,28-,31-/m0/s1. The number of aliphatic hydroxyl groups is 1. The lowest BCUT2D eigenvalue weighted by molar-refractivity contribution is -0.157. The Balaban J connectivity index is 2.08. The monoisotopic (exact) mass is 593 g/mol. The molecular formula is C34H47N3O6. The fourth-order valence-corrected chi connectivity index (χ4v) is 5.43. The molecule has 0 spiro atoms. The van der Waals surface area contributed by atoms with E-state index < -0.39 is 60.4 Å². The maximum atomic E-state index is 14.0. The molecule has 0 radical (unpaired) electrons. The summed E-state index contributed by atoms with van der Waals surface area (Å²) in [5.74, 6) is -3.03. The molecule has 1 heterocycles. The lowest BCUT2D eigenvalue weighted by Crippen LogP contribution is -2.58. The summed E-state index contributed by atoms with van der Waals surface area (Å²) in [6, 6.07) is 15.2. The van der Waals surface area contributed by atoms with Crippen LogP contribution in [0.1, 0.15) is 83.3 Å². The van der Waals surface area contributed by atoms with Gasteiger partial charge < -0.3 is 25.8 Å². The molecule has 1 aliphatic rings. The third-order valence-electron chi connectivity index (χ3n) is 8.30. The van der Waals surface area contributed by atoms with Gasteiger partial charge in [0.25, 0.3) is 0 Å². The lowest BCUT2D eigenvalue weighted by Gasteiger charge is -2.30. The molecule has 1 saturated heterocycles. The molecule has 9 nitrogen and oxygen atoms in total. The zero-order valence-corrected chi connectivity index (χ0v) is 25.8. The zero-order valence-electron chi connectivity index (χ0n) is 25.8. The number of benzene rings is 2. The number of hydrogen-bond acceptors (Lipinski definition) is 6. The molecule has 0 unspecified atom stereocenters. The van der Waals surface area contributed by atoms with Gasteiger partial charge in [0, 0.05) is 5.92 Å². The van der Waals surface area contributed by atoms with Crippen molar-refractivity contribution in [3.8, 4) is 0 Å². The van der Waals surface area contributed by atoms with Crippen LogP contribution in [-0.4, -0.2) is 59.6 Å². The number of aliphatic hydroxyl groups excluding tert-OH is 1. The molecule has 0 saturated carbocycles. The van der Waals surface area contributed by atoms with Crippen LogP contribution in [0.3, 0.4) is 0 Å². The van der Waals surface area contributed by atoms with Crippen molar-refractivity contribution in [1.29, 1.82) is 0 Å². The Morgan fingerprint density at radius 2 is 1.42 bits per heavy atom. The number of rotatable bonds is 11. The largest absolute Gasteiger partial charge is 0.460 e. The fraction of sp³-hybridized carbons (Fsp3) is 0.529. The van der Waals surface area contributed by atoms with E-state index >= 15 is 0 Å².